The molecule has 0 amide bonds. The van der Waals surface area contributed by atoms with Crippen molar-refractivity contribution in [1.82, 2.24) is 9.88 Å². The molecule has 5 heteroatoms. The highest BCUT2D eigenvalue weighted by Gasteiger charge is 2.20. The molecular weight excluding hydrogens is 350 g/mol. The molecule has 1 N–H and O–H groups in total. The minimum Gasteiger partial charge on any atom is -0.491 e. The smallest absolute Gasteiger partial charge is 0.128 e. The molecule has 1 atom stereocenters. The van der Waals surface area contributed by atoms with Gasteiger partial charge in [0.05, 0.1) is 0 Å². The SMILES string of the molecule is C=CCc1ccc(OC[C@H](O)CN2CCN(c3ccccn3)CC2)c(CC)c1. The van der Waals surface area contributed by atoms with Crippen LogP contribution in [0.3, 0.4) is 0 Å². The number of hydrogen-bond donors (Lipinski definition) is 1. The normalized spacial score (nSPS) is 16.0. The Hall–Kier alpha value is -2.37. The maximum atomic E-state index is 10.4. The molecule has 0 spiro atoms. The van der Waals surface area contributed by atoms with Crippen LogP contribution in [0.5, 0.6) is 5.75 Å². The maximum absolute atomic E-state index is 10.4. The van der Waals surface area contributed by atoms with Crippen LogP contribution < -0.4 is 9.64 Å². The van der Waals surface area contributed by atoms with Crippen molar-refractivity contribution in [1.29, 1.82) is 0 Å². The molecule has 2 aromatic rings. The fraction of sp³-hybridized carbons (Fsp3) is 0.435. The molecule has 1 aromatic heterocycles. The summed E-state index contributed by atoms with van der Waals surface area (Å²) in [5, 5.41) is 10.4. The van der Waals surface area contributed by atoms with E-state index in [0.717, 1.165) is 50.6 Å². The third-order valence-corrected chi connectivity index (χ3v) is 5.13. The summed E-state index contributed by atoms with van der Waals surface area (Å²) in [5.74, 6) is 1.90. The summed E-state index contributed by atoms with van der Waals surface area (Å²) in [6.45, 7) is 10.6. The van der Waals surface area contributed by atoms with Gasteiger partial charge in [-0.25, -0.2) is 4.98 Å². The third-order valence-electron chi connectivity index (χ3n) is 5.13. The van der Waals surface area contributed by atoms with Crippen molar-refractivity contribution in [2.24, 2.45) is 0 Å². The van der Waals surface area contributed by atoms with Crippen LogP contribution in [0.15, 0.2) is 55.3 Å². The van der Waals surface area contributed by atoms with Crippen molar-refractivity contribution in [3.8, 4) is 5.75 Å². The van der Waals surface area contributed by atoms with Crippen LogP contribution in [0.1, 0.15) is 18.1 Å². The highest BCUT2D eigenvalue weighted by molar-refractivity contribution is 5.39. The number of benzene rings is 1. The molecule has 0 aliphatic carbocycles. The number of nitrogens with zero attached hydrogens (tertiary/aromatic N) is 3. The van der Waals surface area contributed by atoms with Gasteiger partial charge in [0.25, 0.3) is 0 Å². The second kappa shape index (κ2) is 10.2. The Morgan fingerprint density at radius 3 is 2.71 bits per heavy atom. The second-order valence-electron chi connectivity index (χ2n) is 7.23. The zero-order valence-corrected chi connectivity index (χ0v) is 16.8. The van der Waals surface area contributed by atoms with Gasteiger partial charge >= 0.3 is 0 Å². The number of hydrogen-bond acceptors (Lipinski definition) is 5. The Labute approximate surface area is 168 Å². The molecule has 1 fully saturated rings. The van der Waals surface area contributed by atoms with Gasteiger partial charge in [-0.1, -0.05) is 31.2 Å². The minimum atomic E-state index is -0.501. The van der Waals surface area contributed by atoms with E-state index in [1.165, 1.54) is 11.1 Å². The largest absolute Gasteiger partial charge is 0.491 e. The zero-order valence-electron chi connectivity index (χ0n) is 16.8. The van der Waals surface area contributed by atoms with Gasteiger partial charge < -0.3 is 14.7 Å². The summed E-state index contributed by atoms with van der Waals surface area (Å²) < 4.78 is 5.93. The highest BCUT2D eigenvalue weighted by Crippen LogP contribution is 2.22. The van der Waals surface area contributed by atoms with Crippen LogP contribution >= 0.6 is 0 Å². The van der Waals surface area contributed by atoms with Crippen molar-refractivity contribution in [2.75, 3.05) is 44.2 Å². The number of aromatic nitrogens is 1. The van der Waals surface area contributed by atoms with E-state index in [1.807, 2.05) is 36.5 Å². The molecule has 1 aliphatic rings. The van der Waals surface area contributed by atoms with Crippen molar-refractivity contribution >= 4 is 5.82 Å². The van der Waals surface area contributed by atoms with E-state index in [-0.39, 0.29) is 0 Å². The molecule has 1 saturated heterocycles. The molecule has 5 nitrogen and oxygen atoms in total. The molecule has 1 aliphatic heterocycles. The fourth-order valence-electron chi connectivity index (χ4n) is 3.58. The Morgan fingerprint density at radius 2 is 2.04 bits per heavy atom. The molecular formula is C23H31N3O2. The van der Waals surface area contributed by atoms with Crippen LogP contribution in [-0.2, 0) is 12.8 Å². The van der Waals surface area contributed by atoms with Gasteiger partial charge in [0.15, 0.2) is 0 Å². The predicted molar refractivity (Wildman–Crippen MR) is 114 cm³/mol. The molecule has 1 aromatic carbocycles. The van der Waals surface area contributed by atoms with Gasteiger partial charge in [0, 0.05) is 38.9 Å². The molecule has 3 rings (SSSR count). The molecule has 0 saturated carbocycles. The van der Waals surface area contributed by atoms with E-state index in [9.17, 15) is 5.11 Å². The monoisotopic (exact) mass is 381 g/mol. The zero-order chi connectivity index (χ0) is 19.8. The van der Waals surface area contributed by atoms with Gasteiger partial charge in [-0.3, -0.25) is 4.90 Å². The summed E-state index contributed by atoms with van der Waals surface area (Å²) >= 11 is 0. The quantitative estimate of drug-likeness (QED) is 0.677. The number of aryl methyl sites for hydroxylation is 1. The topological polar surface area (TPSA) is 48.8 Å². The van der Waals surface area contributed by atoms with E-state index in [0.29, 0.717) is 13.2 Å². The van der Waals surface area contributed by atoms with Gasteiger partial charge in [0.2, 0.25) is 0 Å². The van der Waals surface area contributed by atoms with E-state index < -0.39 is 6.10 Å². The summed E-state index contributed by atoms with van der Waals surface area (Å²) in [6.07, 6.45) is 5.01. The van der Waals surface area contributed by atoms with Crippen LogP contribution in [0.2, 0.25) is 0 Å². The van der Waals surface area contributed by atoms with E-state index in [2.05, 4.69) is 40.4 Å². The number of ether oxygens (including phenoxy) is 1. The minimum absolute atomic E-state index is 0.314. The van der Waals surface area contributed by atoms with Crippen LogP contribution in [-0.4, -0.2) is 60.4 Å². The van der Waals surface area contributed by atoms with E-state index >= 15 is 0 Å². The lowest BCUT2D eigenvalue weighted by molar-refractivity contribution is 0.0659. The number of rotatable bonds is 9. The summed E-state index contributed by atoms with van der Waals surface area (Å²) in [6, 6.07) is 12.2. The van der Waals surface area contributed by atoms with Crippen molar-refractivity contribution < 1.29 is 9.84 Å². The molecule has 0 radical (unpaired) electrons. The first-order valence-electron chi connectivity index (χ1n) is 10.1. The van der Waals surface area contributed by atoms with Crippen LogP contribution in [0.4, 0.5) is 5.82 Å². The van der Waals surface area contributed by atoms with Crippen molar-refractivity contribution in [3.05, 3.63) is 66.4 Å². The van der Waals surface area contributed by atoms with Gasteiger partial charge in [-0.2, -0.15) is 0 Å². The number of aliphatic hydroxyl groups is 1. The lowest BCUT2D eigenvalue weighted by atomic mass is 10.1. The molecule has 2 heterocycles. The summed E-state index contributed by atoms with van der Waals surface area (Å²) in [5.41, 5.74) is 2.42. The number of anilines is 1. The van der Waals surface area contributed by atoms with E-state index in [1.54, 1.807) is 0 Å². The number of allylic oxidation sites excluding steroid dienone is 1. The number of piperazine rings is 1. The number of pyridine rings is 1. The Bertz CT molecular complexity index is 743. The average Bonchev–Trinajstić information content (AvgIpc) is 2.74. The summed E-state index contributed by atoms with van der Waals surface area (Å²) in [7, 11) is 0. The standard InChI is InChI=1S/C23H31N3O2/c1-3-7-19-9-10-22(20(4-2)16-19)28-18-21(27)17-25-12-14-26(15-13-25)23-8-5-6-11-24-23/h3,5-6,8-11,16,21,27H,1,4,7,12-15,17-18H2,2H3/t21-/m1/s1. The van der Waals surface area contributed by atoms with Gasteiger partial charge in [0.1, 0.15) is 24.3 Å². The van der Waals surface area contributed by atoms with E-state index in [4.69, 9.17) is 4.74 Å². The van der Waals surface area contributed by atoms with Crippen molar-refractivity contribution in [2.45, 2.75) is 25.9 Å². The first-order valence-corrected chi connectivity index (χ1v) is 10.1. The molecule has 150 valence electrons. The maximum Gasteiger partial charge on any atom is 0.128 e. The first-order chi connectivity index (χ1) is 13.7. The molecule has 0 bridgehead atoms. The summed E-state index contributed by atoms with van der Waals surface area (Å²) in [4.78, 5) is 9.00. The highest BCUT2D eigenvalue weighted by atomic mass is 16.5. The predicted octanol–water partition coefficient (Wildman–Crippen LogP) is 2.93. The third kappa shape index (κ3) is 5.57. The first kappa shape index (κ1) is 20.4. The number of β-amino-alcohol motifs (C(OH)–C–C–N with tert-alkyl or cyclic N) is 1. The Kier molecular flexibility index (Phi) is 7.46. The lowest BCUT2D eigenvalue weighted by Gasteiger charge is -2.36. The fourth-order valence-corrected chi connectivity index (χ4v) is 3.58. The second-order valence-corrected chi connectivity index (χ2v) is 7.23. The Balaban J connectivity index is 1.45. The van der Waals surface area contributed by atoms with Crippen LogP contribution in [0, 0.1) is 0 Å². The molecule has 0 unspecified atom stereocenters. The molecule has 28 heavy (non-hydrogen) atoms. The van der Waals surface area contributed by atoms with Crippen molar-refractivity contribution in [3.63, 3.8) is 0 Å². The van der Waals surface area contributed by atoms with Gasteiger partial charge in [-0.15, -0.1) is 6.58 Å². The lowest BCUT2D eigenvalue weighted by Crippen LogP contribution is -2.49. The van der Waals surface area contributed by atoms with Crippen LogP contribution in [0.25, 0.3) is 0 Å². The Morgan fingerprint density at radius 1 is 1.21 bits per heavy atom. The number of aliphatic hydroxyl groups excluding tert-OH is 1. The average molecular weight is 382 g/mol. The van der Waals surface area contributed by atoms with Gasteiger partial charge in [-0.05, 0) is 42.2 Å².